The molecular weight excluding hydrogens is 368 g/mol. The van der Waals surface area contributed by atoms with Crippen LogP contribution in [0.15, 0.2) is 36.5 Å². The fraction of sp³-hybridized carbons (Fsp3) is 0.500. The van der Waals surface area contributed by atoms with E-state index in [1.54, 1.807) is 7.11 Å². The first-order chi connectivity index (χ1) is 14.0. The van der Waals surface area contributed by atoms with Gasteiger partial charge >= 0.3 is 0 Å². The third-order valence-corrected chi connectivity index (χ3v) is 5.31. The number of benzene rings is 1. The van der Waals surface area contributed by atoms with Crippen LogP contribution in [0.4, 0.5) is 0 Å². The quantitative estimate of drug-likeness (QED) is 0.740. The number of methoxy groups -OCH3 is 1. The number of piperidine rings is 1. The summed E-state index contributed by atoms with van der Waals surface area (Å²) >= 11 is 0. The number of carbonyl (C=O) groups is 2. The van der Waals surface area contributed by atoms with Crippen LogP contribution in [0.3, 0.4) is 0 Å². The normalized spacial score (nSPS) is 16.5. The standard InChI is InChI=1S/C22H30N4O3/c1-17-9-12-26(24-17)13-10-22(28)25-11-3-4-19(16-25)15-23-21(27)14-18-5-7-20(29-2)8-6-18/h5-9,12,19H,3-4,10-11,13-16H2,1-2H3,(H,23,27)/t19-/m0/s1. The molecule has 1 aliphatic heterocycles. The molecule has 1 N–H and O–H groups in total. The Labute approximate surface area is 172 Å². The van der Waals surface area contributed by atoms with Crippen molar-refractivity contribution in [1.29, 1.82) is 0 Å². The number of amides is 2. The molecule has 29 heavy (non-hydrogen) atoms. The summed E-state index contributed by atoms with van der Waals surface area (Å²) in [6.07, 6.45) is 4.72. The molecule has 156 valence electrons. The van der Waals surface area contributed by atoms with Crippen molar-refractivity contribution in [1.82, 2.24) is 20.0 Å². The summed E-state index contributed by atoms with van der Waals surface area (Å²) in [5.74, 6) is 1.25. The van der Waals surface area contributed by atoms with Crippen molar-refractivity contribution in [2.45, 2.75) is 39.2 Å². The molecular formula is C22H30N4O3. The number of rotatable bonds is 8. The van der Waals surface area contributed by atoms with E-state index in [9.17, 15) is 9.59 Å². The predicted octanol–water partition coefficient (Wildman–Crippen LogP) is 2.19. The first-order valence-corrected chi connectivity index (χ1v) is 10.2. The first kappa shape index (κ1) is 20.9. The number of ether oxygens (including phenoxy) is 1. The zero-order chi connectivity index (χ0) is 20.6. The average molecular weight is 399 g/mol. The van der Waals surface area contributed by atoms with Crippen LogP contribution in [0.1, 0.15) is 30.5 Å². The van der Waals surface area contributed by atoms with Crippen LogP contribution in [-0.4, -0.2) is 53.2 Å². The zero-order valence-corrected chi connectivity index (χ0v) is 17.3. The summed E-state index contributed by atoms with van der Waals surface area (Å²) in [5, 5.41) is 7.35. The van der Waals surface area contributed by atoms with Crippen molar-refractivity contribution in [2.24, 2.45) is 5.92 Å². The molecule has 1 aromatic heterocycles. The molecule has 1 atom stereocenters. The molecule has 7 nitrogen and oxygen atoms in total. The molecule has 1 aromatic carbocycles. The highest BCUT2D eigenvalue weighted by Crippen LogP contribution is 2.17. The lowest BCUT2D eigenvalue weighted by molar-refractivity contribution is -0.133. The lowest BCUT2D eigenvalue weighted by Crippen LogP contribution is -2.44. The van der Waals surface area contributed by atoms with E-state index in [0.717, 1.165) is 36.4 Å². The van der Waals surface area contributed by atoms with Gasteiger partial charge in [0.1, 0.15) is 5.75 Å². The predicted molar refractivity (Wildman–Crippen MR) is 111 cm³/mol. The Morgan fingerprint density at radius 2 is 2.03 bits per heavy atom. The third kappa shape index (κ3) is 6.34. The molecule has 1 aliphatic rings. The number of hydrogen-bond acceptors (Lipinski definition) is 4. The van der Waals surface area contributed by atoms with Gasteiger partial charge in [0.2, 0.25) is 11.8 Å². The second-order valence-corrected chi connectivity index (χ2v) is 7.65. The van der Waals surface area contributed by atoms with E-state index in [0.29, 0.717) is 38.4 Å². The Bertz CT molecular complexity index is 816. The van der Waals surface area contributed by atoms with Crippen LogP contribution in [0.25, 0.3) is 0 Å². The molecule has 0 spiro atoms. The highest BCUT2D eigenvalue weighted by atomic mass is 16.5. The summed E-state index contributed by atoms with van der Waals surface area (Å²) in [6.45, 7) is 4.66. The fourth-order valence-corrected chi connectivity index (χ4v) is 3.66. The fourth-order valence-electron chi connectivity index (χ4n) is 3.66. The lowest BCUT2D eigenvalue weighted by Gasteiger charge is -2.33. The van der Waals surface area contributed by atoms with Gasteiger partial charge in [0.15, 0.2) is 0 Å². The van der Waals surface area contributed by atoms with Crippen LogP contribution in [0.5, 0.6) is 5.75 Å². The van der Waals surface area contributed by atoms with Crippen molar-refractivity contribution in [3.05, 3.63) is 47.8 Å². The summed E-state index contributed by atoms with van der Waals surface area (Å²) in [5.41, 5.74) is 1.92. The maximum Gasteiger partial charge on any atom is 0.224 e. The van der Waals surface area contributed by atoms with Gasteiger partial charge in [-0.05, 0) is 49.4 Å². The SMILES string of the molecule is COc1ccc(CC(=O)NC[C@@H]2CCCN(C(=O)CCn3ccc(C)n3)C2)cc1. The smallest absolute Gasteiger partial charge is 0.224 e. The Balaban J connectivity index is 1.40. The molecule has 2 amide bonds. The number of nitrogens with one attached hydrogen (secondary N) is 1. The summed E-state index contributed by atoms with van der Waals surface area (Å²) < 4.78 is 6.95. The van der Waals surface area contributed by atoms with Gasteiger partial charge in [0, 0.05) is 38.8 Å². The molecule has 1 saturated heterocycles. The average Bonchev–Trinajstić information content (AvgIpc) is 3.16. The van der Waals surface area contributed by atoms with Crippen LogP contribution < -0.4 is 10.1 Å². The second kappa shape index (κ2) is 10.1. The summed E-state index contributed by atoms with van der Waals surface area (Å²) in [4.78, 5) is 26.7. The highest BCUT2D eigenvalue weighted by Gasteiger charge is 2.23. The van der Waals surface area contributed by atoms with Crippen LogP contribution in [0.2, 0.25) is 0 Å². The van der Waals surface area contributed by atoms with E-state index in [2.05, 4.69) is 10.4 Å². The number of nitrogens with zero attached hydrogens (tertiary/aromatic N) is 3. The van der Waals surface area contributed by atoms with Gasteiger partial charge in [-0.25, -0.2) is 0 Å². The monoisotopic (exact) mass is 398 g/mol. The van der Waals surface area contributed by atoms with Crippen molar-refractivity contribution in [3.8, 4) is 5.75 Å². The maximum absolute atomic E-state index is 12.5. The minimum Gasteiger partial charge on any atom is -0.497 e. The van der Waals surface area contributed by atoms with Crippen molar-refractivity contribution in [2.75, 3.05) is 26.7 Å². The summed E-state index contributed by atoms with van der Waals surface area (Å²) in [7, 11) is 1.62. The van der Waals surface area contributed by atoms with E-state index < -0.39 is 0 Å². The van der Waals surface area contributed by atoms with Gasteiger partial charge in [-0.2, -0.15) is 5.10 Å². The maximum atomic E-state index is 12.5. The molecule has 0 unspecified atom stereocenters. The summed E-state index contributed by atoms with van der Waals surface area (Å²) in [6, 6.07) is 9.46. The van der Waals surface area contributed by atoms with Gasteiger partial charge in [-0.15, -0.1) is 0 Å². The number of likely N-dealkylation sites (tertiary alicyclic amines) is 1. The Morgan fingerprint density at radius 1 is 1.24 bits per heavy atom. The van der Waals surface area contributed by atoms with Gasteiger partial charge in [-0.1, -0.05) is 12.1 Å². The first-order valence-electron chi connectivity index (χ1n) is 10.2. The van der Waals surface area contributed by atoms with Crippen LogP contribution in [-0.2, 0) is 22.6 Å². The van der Waals surface area contributed by atoms with Gasteiger partial charge in [0.05, 0.1) is 19.2 Å². The molecule has 2 heterocycles. The molecule has 7 heteroatoms. The minimum atomic E-state index is 0.00710. The molecule has 3 rings (SSSR count). The van der Waals surface area contributed by atoms with Gasteiger partial charge in [0.25, 0.3) is 0 Å². The minimum absolute atomic E-state index is 0.00710. The third-order valence-electron chi connectivity index (χ3n) is 5.31. The van der Waals surface area contributed by atoms with Crippen LogP contribution in [0, 0.1) is 12.8 Å². The van der Waals surface area contributed by atoms with Crippen molar-refractivity contribution >= 4 is 11.8 Å². The Morgan fingerprint density at radius 3 is 2.72 bits per heavy atom. The van der Waals surface area contributed by atoms with Gasteiger partial charge in [-0.3, -0.25) is 14.3 Å². The molecule has 0 radical (unpaired) electrons. The molecule has 1 fully saturated rings. The van der Waals surface area contributed by atoms with Gasteiger partial charge < -0.3 is 15.0 Å². The molecule has 0 saturated carbocycles. The molecule has 2 aromatic rings. The van der Waals surface area contributed by atoms with E-state index in [1.165, 1.54) is 0 Å². The highest BCUT2D eigenvalue weighted by molar-refractivity contribution is 5.78. The van der Waals surface area contributed by atoms with E-state index in [4.69, 9.17) is 4.74 Å². The van der Waals surface area contributed by atoms with Crippen molar-refractivity contribution in [3.63, 3.8) is 0 Å². The lowest BCUT2D eigenvalue weighted by atomic mass is 9.97. The van der Waals surface area contributed by atoms with Crippen molar-refractivity contribution < 1.29 is 14.3 Å². The van der Waals surface area contributed by atoms with E-state index in [-0.39, 0.29) is 11.8 Å². The number of hydrogen-bond donors (Lipinski definition) is 1. The van der Waals surface area contributed by atoms with E-state index in [1.807, 2.05) is 53.0 Å². The zero-order valence-electron chi connectivity index (χ0n) is 17.3. The molecule has 0 aliphatic carbocycles. The largest absolute Gasteiger partial charge is 0.497 e. The Hall–Kier alpha value is -2.83. The number of aryl methyl sites for hydroxylation is 2. The number of carbonyl (C=O) groups excluding carboxylic acids is 2. The molecule has 0 bridgehead atoms. The Kier molecular flexibility index (Phi) is 7.27. The second-order valence-electron chi connectivity index (χ2n) is 7.65. The van der Waals surface area contributed by atoms with Crippen LogP contribution >= 0.6 is 0 Å². The topological polar surface area (TPSA) is 76.5 Å². The number of aromatic nitrogens is 2. The van der Waals surface area contributed by atoms with E-state index >= 15 is 0 Å².